The lowest BCUT2D eigenvalue weighted by atomic mass is 9.92. The molecule has 2 N–H and O–H groups in total. The van der Waals surface area contributed by atoms with Crippen molar-refractivity contribution in [3.8, 4) is 11.4 Å². The number of imidazole rings is 1. The number of halogens is 1. The van der Waals surface area contributed by atoms with Gasteiger partial charge in [-0.25, -0.2) is 9.97 Å². The van der Waals surface area contributed by atoms with E-state index >= 15 is 0 Å². The van der Waals surface area contributed by atoms with Gasteiger partial charge in [0.1, 0.15) is 17.2 Å². The van der Waals surface area contributed by atoms with Gasteiger partial charge < -0.3 is 15.2 Å². The quantitative estimate of drug-likeness (QED) is 0.599. The number of nitrogens with one attached hydrogen (secondary N) is 2. The third-order valence-electron chi connectivity index (χ3n) is 5.43. The number of piperidine rings is 1. The Bertz CT molecular complexity index is 881. The number of pyridine rings is 1. The summed E-state index contributed by atoms with van der Waals surface area (Å²) in [6, 6.07) is 9.80. The fourth-order valence-electron chi connectivity index (χ4n) is 3.73. The fraction of sp³-hybridized carbons (Fsp3) is 0.429. The highest BCUT2D eigenvalue weighted by molar-refractivity contribution is 6.34. The van der Waals surface area contributed by atoms with E-state index in [0.29, 0.717) is 5.02 Å². The highest BCUT2D eigenvalue weighted by Gasteiger charge is 2.15. The van der Waals surface area contributed by atoms with Crippen molar-refractivity contribution in [1.82, 2.24) is 19.9 Å². The highest BCUT2D eigenvalue weighted by atomic mass is 35.5. The van der Waals surface area contributed by atoms with Crippen LogP contribution in [0.15, 0.2) is 36.5 Å². The summed E-state index contributed by atoms with van der Waals surface area (Å²) in [5.74, 6) is 2.59. The molecule has 1 saturated heterocycles. The molecule has 0 unspecified atom stereocenters. The van der Waals surface area contributed by atoms with Crippen molar-refractivity contribution in [2.75, 3.05) is 32.0 Å². The molecule has 2 aromatic heterocycles. The first kappa shape index (κ1) is 18.3. The average Bonchev–Trinajstić information content (AvgIpc) is 3.13. The molecule has 1 aliphatic heterocycles. The second-order valence-corrected chi connectivity index (χ2v) is 7.88. The maximum Gasteiger partial charge on any atom is 0.140 e. The summed E-state index contributed by atoms with van der Waals surface area (Å²) < 4.78 is 0. The molecular formula is C21H26ClN5. The molecule has 0 amide bonds. The van der Waals surface area contributed by atoms with Crippen LogP contribution in [-0.2, 0) is 0 Å². The number of benzene rings is 1. The molecule has 4 rings (SSSR count). The topological polar surface area (TPSA) is 56.8 Å². The van der Waals surface area contributed by atoms with Crippen LogP contribution in [0.4, 0.5) is 5.82 Å². The molecule has 1 aromatic carbocycles. The summed E-state index contributed by atoms with van der Waals surface area (Å²) in [6.45, 7) is 3.46. The van der Waals surface area contributed by atoms with Crippen molar-refractivity contribution in [3.05, 3.63) is 41.6 Å². The lowest BCUT2D eigenvalue weighted by Gasteiger charge is -2.28. The molecular weight excluding hydrogens is 358 g/mol. The molecule has 1 fully saturated rings. The highest BCUT2D eigenvalue weighted by Crippen LogP contribution is 2.25. The Balaban J connectivity index is 1.30. The average molecular weight is 384 g/mol. The summed E-state index contributed by atoms with van der Waals surface area (Å²) in [6.07, 6.45) is 7.03. The molecule has 0 spiro atoms. The van der Waals surface area contributed by atoms with E-state index in [4.69, 9.17) is 11.6 Å². The van der Waals surface area contributed by atoms with Crippen LogP contribution in [0.25, 0.3) is 22.4 Å². The smallest absolute Gasteiger partial charge is 0.140 e. The van der Waals surface area contributed by atoms with Gasteiger partial charge in [-0.2, -0.15) is 0 Å². The number of aromatic nitrogens is 3. The number of aromatic amines is 1. The van der Waals surface area contributed by atoms with Crippen molar-refractivity contribution in [1.29, 1.82) is 0 Å². The molecule has 3 aromatic rings. The number of likely N-dealkylation sites (tertiary alicyclic amines) is 1. The normalized spacial score (nSPS) is 16.1. The minimum atomic E-state index is 0.658. The monoisotopic (exact) mass is 383 g/mol. The SMILES string of the molecule is CN1CCC(CCCNc2ccc(-c3nc4c(Cl)cccc4[nH]3)cn2)CC1. The molecule has 0 atom stereocenters. The third kappa shape index (κ3) is 4.42. The zero-order valence-corrected chi connectivity index (χ0v) is 16.5. The molecule has 0 radical (unpaired) electrons. The van der Waals surface area contributed by atoms with E-state index in [0.717, 1.165) is 40.7 Å². The van der Waals surface area contributed by atoms with Gasteiger partial charge in [-0.1, -0.05) is 17.7 Å². The zero-order chi connectivity index (χ0) is 18.6. The molecule has 27 heavy (non-hydrogen) atoms. The predicted molar refractivity (Wildman–Crippen MR) is 112 cm³/mol. The molecule has 6 heteroatoms. The fourth-order valence-corrected chi connectivity index (χ4v) is 3.95. The largest absolute Gasteiger partial charge is 0.370 e. The van der Waals surface area contributed by atoms with Gasteiger partial charge in [-0.3, -0.25) is 0 Å². The molecule has 0 bridgehead atoms. The maximum absolute atomic E-state index is 6.21. The number of hydrogen-bond donors (Lipinski definition) is 2. The minimum Gasteiger partial charge on any atom is -0.370 e. The van der Waals surface area contributed by atoms with Crippen LogP contribution in [0, 0.1) is 5.92 Å². The van der Waals surface area contributed by atoms with Crippen LogP contribution < -0.4 is 5.32 Å². The van der Waals surface area contributed by atoms with Gasteiger partial charge in [0.2, 0.25) is 0 Å². The summed E-state index contributed by atoms with van der Waals surface area (Å²) >= 11 is 6.21. The van der Waals surface area contributed by atoms with Crippen molar-refractivity contribution in [2.45, 2.75) is 25.7 Å². The van der Waals surface area contributed by atoms with Gasteiger partial charge in [0, 0.05) is 18.3 Å². The van der Waals surface area contributed by atoms with Gasteiger partial charge in [-0.15, -0.1) is 0 Å². The maximum atomic E-state index is 6.21. The van der Waals surface area contributed by atoms with E-state index in [1.165, 1.54) is 38.8 Å². The number of H-pyrrole nitrogens is 1. The van der Waals surface area contributed by atoms with E-state index < -0.39 is 0 Å². The number of para-hydroxylation sites is 1. The van der Waals surface area contributed by atoms with Crippen molar-refractivity contribution in [2.24, 2.45) is 5.92 Å². The summed E-state index contributed by atoms with van der Waals surface area (Å²) in [5, 5.41) is 4.09. The first-order chi connectivity index (χ1) is 13.2. The van der Waals surface area contributed by atoms with Crippen molar-refractivity contribution >= 4 is 28.5 Å². The van der Waals surface area contributed by atoms with Crippen LogP contribution in [0.2, 0.25) is 5.02 Å². The first-order valence-corrected chi connectivity index (χ1v) is 10.1. The molecule has 0 saturated carbocycles. The van der Waals surface area contributed by atoms with Gasteiger partial charge >= 0.3 is 0 Å². The van der Waals surface area contributed by atoms with Crippen LogP contribution in [0.5, 0.6) is 0 Å². The molecule has 5 nitrogen and oxygen atoms in total. The van der Waals surface area contributed by atoms with Crippen LogP contribution in [-0.4, -0.2) is 46.5 Å². The molecule has 142 valence electrons. The second kappa shape index (κ2) is 8.28. The summed E-state index contributed by atoms with van der Waals surface area (Å²) in [7, 11) is 2.22. The molecule has 1 aliphatic rings. The van der Waals surface area contributed by atoms with Gasteiger partial charge in [0.05, 0.1) is 10.5 Å². The summed E-state index contributed by atoms with van der Waals surface area (Å²) in [5.41, 5.74) is 2.69. The van der Waals surface area contributed by atoms with Gasteiger partial charge in [-0.05, 0) is 76.0 Å². The van der Waals surface area contributed by atoms with Crippen molar-refractivity contribution < 1.29 is 0 Å². The Labute approximate surface area is 165 Å². The standard InChI is InChI=1S/C21H26ClN5/c1-27-12-9-15(10-13-27)4-3-11-23-19-8-7-16(14-24-19)21-25-18-6-2-5-17(22)20(18)26-21/h2,5-8,14-15H,3-4,9-13H2,1H3,(H,23,24)(H,25,26). The number of nitrogens with zero attached hydrogens (tertiary/aromatic N) is 3. The molecule has 0 aliphatic carbocycles. The van der Waals surface area contributed by atoms with E-state index in [-0.39, 0.29) is 0 Å². The Hall–Kier alpha value is -2.11. The number of fused-ring (bicyclic) bond motifs is 1. The van der Waals surface area contributed by atoms with E-state index in [2.05, 4.69) is 32.2 Å². The van der Waals surface area contributed by atoms with E-state index in [1.807, 2.05) is 36.5 Å². The second-order valence-electron chi connectivity index (χ2n) is 7.47. The van der Waals surface area contributed by atoms with Crippen LogP contribution in [0.1, 0.15) is 25.7 Å². The van der Waals surface area contributed by atoms with Crippen LogP contribution in [0.3, 0.4) is 0 Å². The number of rotatable bonds is 6. The predicted octanol–water partition coefficient (Wildman–Crippen LogP) is 4.81. The van der Waals surface area contributed by atoms with Gasteiger partial charge in [0.15, 0.2) is 0 Å². The lowest BCUT2D eigenvalue weighted by Crippen LogP contribution is -2.30. The Morgan fingerprint density at radius 3 is 2.81 bits per heavy atom. The Morgan fingerprint density at radius 2 is 2.07 bits per heavy atom. The number of hydrogen-bond acceptors (Lipinski definition) is 4. The van der Waals surface area contributed by atoms with Crippen molar-refractivity contribution in [3.63, 3.8) is 0 Å². The lowest BCUT2D eigenvalue weighted by molar-refractivity contribution is 0.211. The minimum absolute atomic E-state index is 0.658. The van der Waals surface area contributed by atoms with E-state index in [9.17, 15) is 0 Å². The molecule has 3 heterocycles. The van der Waals surface area contributed by atoms with E-state index in [1.54, 1.807) is 0 Å². The van der Waals surface area contributed by atoms with Crippen LogP contribution >= 0.6 is 11.6 Å². The summed E-state index contributed by atoms with van der Waals surface area (Å²) in [4.78, 5) is 14.9. The Morgan fingerprint density at radius 1 is 1.22 bits per heavy atom. The zero-order valence-electron chi connectivity index (χ0n) is 15.7. The third-order valence-corrected chi connectivity index (χ3v) is 5.74. The number of anilines is 1. The first-order valence-electron chi connectivity index (χ1n) is 9.72. The Kier molecular flexibility index (Phi) is 5.60. The van der Waals surface area contributed by atoms with Gasteiger partial charge in [0.25, 0.3) is 0 Å².